The van der Waals surface area contributed by atoms with Crippen LogP contribution in [-0.4, -0.2) is 53.9 Å². The lowest BCUT2D eigenvalue weighted by Crippen LogP contribution is -2.26. The highest BCUT2D eigenvalue weighted by Crippen LogP contribution is 2.42. The van der Waals surface area contributed by atoms with Crippen molar-refractivity contribution in [2.45, 2.75) is 12.0 Å². The van der Waals surface area contributed by atoms with Crippen LogP contribution in [0.15, 0.2) is 73.2 Å². The van der Waals surface area contributed by atoms with E-state index in [0.717, 1.165) is 5.56 Å². The molecule has 5 rings (SSSR count). The fourth-order valence-electron chi connectivity index (χ4n) is 4.32. The number of aryl methyl sites for hydroxylation is 2. The van der Waals surface area contributed by atoms with Gasteiger partial charge in [0.2, 0.25) is 5.91 Å². The molecule has 196 valence electrons. The molecular weight excluding hydrogens is 518 g/mol. The van der Waals surface area contributed by atoms with Gasteiger partial charge in [0.1, 0.15) is 17.8 Å². The van der Waals surface area contributed by atoms with Gasteiger partial charge in [0.25, 0.3) is 0 Å². The number of carbonyl (C=O) groups is 1. The van der Waals surface area contributed by atoms with Crippen LogP contribution in [0.2, 0.25) is 5.11 Å². The van der Waals surface area contributed by atoms with E-state index < -0.39 is 16.8 Å². The van der Waals surface area contributed by atoms with Crippen LogP contribution < -0.4 is 15.8 Å². The van der Waals surface area contributed by atoms with E-state index in [1.54, 1.807) is 43.3 Å². The van der Waals surface area contributed by atoms with Crippen molar-refractivity contribution in [1.29, 1.82) is 0 Å². The molecule has 1 amide bonds. The van der Waals surface area contributed by atoms with Gasteiger partial charge in [-0.3, -0.25) is 4.79 Å². The van der Waals surface area contributed by atoms with Gasteiger partial charge < -0.3 is 20.4 Å². The highest BCUT2D eigenvalue weighted by molar-refractivity contribution is 6.63. The SMILES string of the molecule is [B]C([B])([B])C(=C)C(=O)Nc1ccc(-c2c(-c3ccc(Oc4nccc(C)n4)c(F)c3)c3c(N)ncnc3n2C)cc1. The van der Waals surface area contributed by atoms with Gasteiger partial charge in [-0.15, -0.1) is 5.11 Å². The molecule has 0 aliphatic rings. The molecule has 3 N–H and O–H groups in total. The van der Waals surface area contributed by atoms with Crippen LogP contribution in [0, 0.1) is 12.7 Å². The molecule has 9 nitrogen and oxygen atoms in total. The lowest BCUT2D eigenvalue weighted by molar-refractivity contribution is -0.112. The lowest BCUT2D eigenvalue weighted by atomic mass is 9.40. The minimum Gasteiger partial charge on any atom is -0.421 e. The molecule has 41 heavy (non-hydrogen) atoms. The van der Waals surface area contributed by atoms with Gasteiger partial charge in [-0.05, 0) is 54.0 Å². The molecule has 0 atom stereocenters. The number of fused-ring (bicyclic) bond motifs is 1. The van der Waals surface area contributed by atoms with Gasteiger partial charge in [-0.1, -0.05) is 24.8 Å². The molecule has 0 bridgehead atoms. The van der Waals surface area contributed by atoms with Crippen LogP contribution in [0.25, 0.3) is 33.4 Å². The Morgan fingerprint density at radius 2 is 1.78 bits per heavy atom. The Balaban J connectivity index is 1.56. The van der Waals surface area contributed by atoms with Crippen LogP contribution in [0.3, 0.4) is 0 Å². The Bertz CT molecular complexity index is 1820. The van der Waals surface area contributed by atoms with E-state index >= 15 is 4.39 Å². The number of amides is 1. The summed E-state index contributed by atoms with van der Waals surface area (Å²) < 4.78 is 22.8. The number of nitrogens with zero attached hydrogens (tertiary/aromatic N) is 5. The number of benzene rings is 2. The molecule has 13 heteroatoms. The third-order valence-corrected chi connectivity index (χ3v) is 6.40. The second kappa shape index (κ2) is 10.6. The summed E-state index contributed by atoms with van der Waals surface area (Å²) in [6.07, 6.45) is 2.90. The minimum absolute atomic E-state index is 0.0333. The number of ether oxygens (including phenoxy) is 1. The first kappa shape index (κ1) is 27.6. The second-order valence-corrected chi connectivity index (χ2v) is 9.41. The zero-order chi connectivity index (χ0) is 29.5. The second-order valence-electron chi connectivity index (χ2n) is 9.41. The van der Waals surface area contributed by atoms with E-state index in [2.05, 4.69) is 31.8 Å². The van der Waals surface area contributed by atoms with Crippen molar-refractivity contribution in [3.8, 4) is 34.1 Å². The predicted octanol–water partition coefficient (Wildman–Crippen LogP) is 3.99. The number of rotatable bonds is 7. The van der Waals surface area contributed by atoms with Crippen LogP contribution in [-0.2, 0) is 11.8 Å². The van der Waals surface area contributed by atoms with Crippen molar-refractivity contribution in [2.75, 3.05) is 11.1 Å². The van der Waals surface area contributed by atoms with Crippen molar-refractivity contribution in [2.24, 2.45) is 7.05 Å². The first-order chi connectivity index (χ1) is 19.4. The van der Waals surface area contributed by atoms with Crippen LogP contribution in [0.4, 0.5) is 15.9 Å². The highest BCUT2D eigenvalue weighted by Gasteiger charge is 2.24. The fourth-order valence-corrected chi connectivity index (χ4v) is 4.32. The van der Waals surface area contributed by atoms with Crippen molar-refractivity contribution in [1.82, 2.24) is 24.5 Å². The van der Waals surface area contributed by atoms with Gasteiger partial charge >= 0.3 is 6.01 Å². The van der Waals surface area contributed by atoms with E-state index in [1.807, 2.05) is 11.6 Å². The molecule has 0 aliphatic carbocycles. The van der Waals surface area contributed by atoms with Crippen LogP contribution in [0.5, 0.6) is 11.8 Å². The summed E-state index contributed by atoms with van der Waals surface area (Å²) in [5.74, 6) is -1.05. The molecule has 0 saturated carbocycles. The number of anilines is 2. The monoisotopic (exact) mass is 539 g/mol. The standard InChI is InChI=1S/C28H21B3FN7O2/c1-14-10-11-34-27(37-14)41-20-9-6-17(12-19(20)32)21-22-24(33)35-13-36-25(22)39(3)23(21)16-4-7-18(8-5-16)38-26(40)15(2)28(29,30)31/h4-13H,2H2,1,3H3,(H,38,40)(H2,33,35,36). The van der Waals surface area contributed by atoms with E-state index in [9.17, 15) is 4.79 Å². The minimum atomic E-state index is -1.86. The number of halogens is 1. The van der Waals surface area contributed by atoms with E-state index in [4.69, 9.17) is 34.0 Å². The summed E-state index contributed by atoms with van der Waals surface area (Å²) in [6, 6.07) is 13.2. The Morgan fingerprint density at radius 1 is 1.07 bits per heavy atom. The molecular formula is C28H21B3FN7O2. The molecule has 5 aromatic rings. The smallest absolute Gasteiger partial charge is 0.322 e. The topological polar surface area (TPSA) is 121 Å². The van der Waals surface area contributed by atoms with Gasteiger partial charge in [-0.2, -0.15) is 0 Å². The van der Waals surface area contributed by atoms with Crippen LogP contribution >= 0.6 is 0 Å². The van der Waals surface area contributed by atoms with Gasteiger partial charge in [-0.25, -0.2) is 24.3 Å². The molecule has 3 heterocycles. The average Bonchev–Trinajstić information content (AvgIpc) is 3.22. The maximum absolute atomic E-state index is 15.4. The Hall–Kier alpha value is -4.93. The van der Waals surface area contributed by atoms with Crippen molar-refractivity contribution in [3.05, 3.63) is 84.7 Å². The molecule has 0 aliphatic heterocycles. The molecule has 0 fully saturated rings. The van der Waals surface area contributed by atoms with Crippen molar-refractivity contribution < 1.29 is 13.9 Å². The normalized spacial score (nSPS) is 11.4. The first-order valence-corrected chi connectivity index (χ1v) is 12.3. The third-order valence-electron chi connectivity index (χ3n) is 6.40. The fraction of sp³-hybridized carbons (Fsp3) is 0.107. The third kappa shape index (κ3) is 5.43. The summed E-state index contributed by atoms with van der Waals surface area (Å²) in [4.78, 5) is 29.2. The summed E-state index contributed by atoms with van der Waals surface area (Å²) in [5, 5.41) is 1.36. The molecule has 0 spiro atoms. The molecule has 6 radical (unpaired) electrons. The van der Waals surface area contributed by atoms with E-state index in [0.29, 0.717) is 39.2 Å². The molecule has 0 unspecified atom stereocenters. The maximum Gasteiger partial charge on any atom is 0.322 e. The summed E-state index contributed by atoms with van der Waals surface area (Å²) in [6.45, 7) is 5.34. The number of nitrogens with one attached hydrogen (secondary N) is 1. The number of hydrogen-bond acceptors (Lipinski definition) is 7. The zero-order valence-electron chi connectivity index (χ0n) is 22.2. The maximum atomic E-state index is 15.4. The highest BCUT2D eigenvalue weighted by atomic mass is 19.1. The Morgan fingerprint density at radius 3 is 2.44 bits per heavy atom. The summed E-state index contributed by atoms with van der Waals surface area (Å²) in [7, 11) is 18.5. The largest absolute Gasteiger partial charge is 0.421 e. The number of nitrogen functional groups attached to an aromatic ring is 1. The van der Waals surface area contributed by atoms with E-state index in [1.165, 1.54) is 24.7 Å². The summed E-state index contributed by atoms with van der Waals surface area (Å²) in [5.41, 5.74) is 10.3. The zero-order valence-corrected chi connectivity index (χ0v) is 22.2. The van der Waals surface area contributed by atoms with E-state index in [-0.39, 0.29) is 23.2 Å². The first-order valence-electron chi connectivity index (χ1n) is 12.3. The quantitative estimate of drug-likeness (QED) is 0.237. The number of nitrogens with two attached hydrogens (primary N) is 1. The van der Waals surface area contributed by atoms with Crippen molar-refractivity contribution in [3.63, 3.8) is 0 Å². The molecule has 3 aromatic heterocycles. The lowest BCUT2D eigenvalue weighted by Gasteiger charge is -2.22. The average molecular weight is 539 g/mol. The van der Waals surface area contributed by atoms with Crippen molar-refractivity contribution >= 4 is 52.0 Å². The molecule has 2 aromatic carbocycles. The van der Waals surface area contributed by atoms with Gasteiger partial charge in [0, 0.05) is 30.2 Å². The molecule has 0 saturated heterocycles. The van der Waals surface area contributed by atoms with Gasteiger partial charge in [0.05, 0.1) is 34.6 Å². The van der Waals surface area contributed by atoms with Crippen LogP contribution in [0.1, 0.15) is 5.69 Å². The Kier molecular flexibility index (Phi) is 7.12. The van der Waals surface area contributed by atoms with Gasteiger partial charge in [0.15, 0.2) is 11.6 Å². The Labute approximate surface area is 239 Å². The predicted molar refractivity (Wildman–Crippen MR) is 158 cm³/mol. The summed E-state index contributed by atoms with van der Waals surface area (Å²) >= 11 is 0. The number of aromatic nitrogens is 5. The number of hydrogen-bond donors (Lipinski definition) is 2. The number of carbonyl (C=O) groups excluding carboxylic acids is 1.